The molecule has 2 rings (SSSR count). The summed E-state index contributed by atoms with van der Waals surface area (Å²) in [6.45, 7) is 1.92. The molecule has 1 aromatic heterocycles. The van der Waals surface area contributed by atoms with Crippen LogP contribution in [0.15, 0.2) is 12.1 Å². The largest absolute Gasteiger partial charge is 0.496 e. The topological polar surface area (TPSA) is 35.5 Å². The van der Waals surface area contributed by atoms with Gasteiger partial charge in [0.05, 0.1) is 23.8 Å². The van der Waals surface area contributed by atoms with Crippen LogP contribution in [0.5, 0.6) is 11.5 Å². The van der Waals surface area contributed by atoms with Crippen molar-refractivity contribution in [2.45, 2.75) is 6.92 Å². The van der Waals surface area contributed by atoms with Gasteiger partial charge in [-0.15, -0.1) is 11.3 Å². The number of carbonyl (C=O) groups is 1. The molecule has 3 nitrogen and oxygen atoms in total. The summed E-state index contributed by atoms with van der Waals surface area (Å²) in [5.41, 5.74) is 0.950. The zero-order chi connectivity index (χ0) is 11.7. The van der Waals surface area contributed by atoms with Gasteiger partial charge in [-0.2, -0.15) is 0 Å². The summed E-state index contributed by atoms with van der Waals surface area (Å²) in [6.07, 6.45) is 0.874. The van der Waals surface area contributed by atoms with Crippen molar-refractivity contribution in [3.8, 4) is 11.5 Å². The number of ether oxygens (including phenoxy) is 2. The first-order valence-corrected chi connectivity index (χ1v) is 5.63. The number of hydrogen-bond acceptors (Lipinski definition) is 4. The first-order chi connectivity index (χ1) is 7.72. The fourth-order valence-electron chi connectivity index (χ4n) is 1.75. The van der Waals surface area contributed by atoms with Crippen LogP contribution in [-0.4, -0.2) is 20.5 Å². The number of hydrogen-bond donors (Lipinski definition) is 0. The van der Waals surface area contributed by atoms with Gasteiger partial charge < -0.3 is 9.47 Å². The SMILES string of the molecule is COc1ccc(OC)c2c(C)c(C=O)sc12. The number of aryl methyl sites for hydroxylation is 1. The fraction of sp³-hybridized carbons (Fsp3) is 0.250. The van der Waals surface area contributed by atoms with E-state index in [9.17, 15) is 4.79 Å². The van der Waals surface area contributed by atoms with Crippen LogP contribution in [0.4, 0.5) is 0 Å². The Morgan fingerprint density at radius 1 is 1.19 bits per heavy atom. The molecule has 4 heteroatoms. The van der Waals surface area contributed by atoms with E-state index in [1.807, 2.05) is 19.1 Å². The Bertz CT molecular complexity index is 543. The molecule has 0 aliphatic heterocycles. The second-order valence-corrected chi connectivity index (χ2v) is 4.44. The molecule has 0 saturated heterocycles. The van der Waals surface area contributed by atoms with Crippen molar-refractivity contribution < 1.29 is 14.3 Å². The van der Waals surface area contributed by atoms with Gasteiger partial charge in [0.25, 0.3) is 0 Å². The number of carbonyl (C=O) groups excluding carboxylic acids is 1. The molecule has 0 unspecified atom stereocenters. The number of aldehydes is 1. The predicted molar refractivity (Wildman–Crippen MR) is 65.1 cm³/mol. The molecule has 0 aliphatic carbocycles. The summed E-state index contributed by atoms with van der Waals surface area (Å²) in [6, 6.07) is 3.71. The molecule has 0 amide bonds. The fourth-order valence-corrected chi connectivity index (χ4v) is 2.89. The normalized spacial score (nSPS) is 10.4. The third-order valence-electron chi connectivity index (χ3n) is 2.59. The number of thiophene rings is 1. The highest BCUT2D eigenvalue weighted by molar-refractivity contribution is 7.21. The molecule has 0 fully saturated rings. The Hall–Kier alpha value is -1.55. The minimum Gasteiger partial charge on any atom is -0.496 e. The summed E-state index contributed by atoms with van der Waals surface area (Å²) in [4.78, 5) is 11.6. The highest BCUT2D eigenvalue weighted by Gasteiger charge is 2.15. The van der Waals surface area contributed by atoms with E-state index in [2.05, 4.69) is 0 Å². The lowest BCUT2D eigenvalue weighted by Gasteiger charge is -2.06. The van der Waals surface area contributed by atoms with E-state index in [0.29, 0.717) is 0 Å². The van der Waals surface area contributed by atoms with Crippen molar-refractivity contribution in [3.63, 3.8) is 0 Å². The van der Waals surface area contributed by atoms with Gasteiger partial charge in [0.15, 0.2) is 6.29 Å². The molecule has 0 saturated carbocycles. The van der Waals surface area contributed by atoms with Gasteiger partial charge in [-0.1, -0.05) is 0 Å². The van der Waals surface area contributed by atoms with E-state index < -0.39 is 0 Å². The molecule has 2 aromatic rings. The Kier molecular flexibility index (Phi) is 2.83. The van der Waals surface area contributed by atoms with E-state index in [1.165, 1.54) is 11.3 Å². The lowest BCUT2D eigenvalue weighted by molar-refractivity contribution is 0.112. The van der Waals surface area contributed by atoms with E-state index in [0.717, 1.165) is 38.3 Å². The zero-order valence-corrected chi connectivity index (χ0v) is 10.2. The minimum atomic E-state index is 0.720. The van der Waals surface area contributed by atoms with Gasteiger partial charge in [-0.3, -0.25) is 4.79 Å². The molecule has 0 radical (unpaired) electrons. The Labute approximate surface area is 97.6 Å². The Morgan fingerprint density at radius 2 is 1.81 bits per heavy atom. The van der Waals surface area contributed by atoms with Crippen LogP contribution < -0.4 is 9.47 Å². The van der Waals surface area contributed by atoms with Crippen LogP contribution in [0.3, 0.4) is 0 Å². The molecule has 0 spiro atoms. The van der Waals surface area contributed by atoms with Crippen molar-refractivity contribution in [2.24, 2.45) is 0 Å². The lowest BCUT2D eigenvalue weighted by Crippen LogP contribution is -1.87. The molecule has 84 valence electrons. The number of fused-ring (bicyclic) bond motifs is 1. The third-order valence-corrected chi connectivity index (χ3v) is 3.82. The average molecular weight is 236 g/mol. The summed E-state index contributed by atoms with van der Waals surface area (Å²) in [5, 5.41) is 0.967. The minimum absolute atomic E-state index is 0.720. The summed E-state index contributed by atoms with van der Waals surface area (Å²) < 4.78 is 11.5. The maximum absolute atomic E-state index is 10.9. The molecule has 1 aromatic carbocycles. The molecule has 1 heterocycles. The van der Waals surface area contributed by atoms with Crippen molar-refractivity contribution in [1.82, 2.24) is 0 Å². The average Bonchev–Trinajstić information content (AvgIpc) is 2.66. The second kappa shape index (κ2) is 4.14. The van der Waals surface area contributed by atoms with Gasteiger partial charge in [-0.25, -0.2) is 0 Å². The smallest absolute Gasteiger partial charge is 0.160 e. The van der Waals surface area contributed by atoms with E-state index in [-0.39, 0.29) is 0 Å². The third kappa shape index (κ3) is 1.46. The van der Waals surface area contributed by atoms with Crippen molar-refractivity contribution in [1.29, 1.82) is 0 Å². The van der Waals surface area contributed by atoms with Crippen molar-refractivity contribution in [2.75, 3.05) is 14.2 Å². The maximum atomic E-state index is 10.9. The molecule has 0 atom stereocenters. The van der Waals surface area contributed by atoms with Gasteiger partial charge in [0.1, 0.15) is 11.5 Å². The predicted octanol–water partition coefficient (Wildman–Crippen LogP) is 3.04. The van der Waals surface area contributed by atoms with Gasteiger partial charge >= 0.3 is 0 Å². The first-order valence-electron chi connectivity index (χ1n) is 4.82. The van der Waals surface area contributed by atoms with Crippen molar-refractivity contribution in [3.05, 3.63) is 22.6 Å². The van der Waals surface area contributed by atoms with E-state index >= 15 is 0 Å². The van der Waals surface area contributed by atoms with Crippen LogP contribution in [0, 0.1) is 6.92 Å². The van der Waals surface area contributed by atoms with Gasteiger partial charge in [-0.05, 0) is 24.6 Å². The summed E-state index contributed by atoms with van der Waals surface area (Å²) >= 11 is 1.43. The van der Waals surface area contributed by atoms with Gasteiger partial charge in [0, 0.05) is 5.39 Å². The maximum Gasteiger partial charge on any atom is 0.160 e. The Balaban J connectivity index is 2.87. The standard InChI is InChI=1S/C12H12O3S/c1-7-10(6-13)16-12-9(15-3)5-4-8(14-2)11(7)12/h4-6H,1-3H3. The van der Waals surface area contributed by atoms with Crippen LogP contribution >= 0.6 is 11.3 Å². The van der Waals surface area contributed by atoms with E-state index in [1.54, 1.807) is 14.2 Å². The summed E-state index contributed by atoms with van der Waals surface area (Å²) in [5.74, 6) is 1.55. The van der Waals surface area contributed by atoms with Crippen LogP contribution in [0.2, 0.25) is 0 Å². The van der Waals surface area contributed by atoms with Crippen LogP contribution in [0.1, 0.15) is 15.2 Å². The molecular formula is C12H12O3S. The number of benzene rings is 1. The molecule has 0 N–H and O–H groups in total. The highest BCUT2D eigenvalue weighted by atomic mass is 32.1. The number of methoxy groups -OCH3 is 2. The lowest BCUT2D eigenvalue weighted by atomic mass is 10.1. The molecular weight excluding hydrogens is 224 g/mol. The number of rotatable bonds is 3. The van der Waals surface area contributed by atoms with E-state index in [4.69, 9.17) is 9.47 Å². The first kappa shape index (κ1) is 11.0. The quantitative estimate of drug-likeness (QED) is 0.768. The van der Waals surface area contributed by atoms with Crippen molar-refractivity contribution >= 4 is 27.7 Å². The summed E-state index contributed by atoms with van der Waals surface area (Å²) in [7, 11) is 3.25. The monoisotopic (exact) mass is 236 g/mol. The van der Waals surface area contributed by atoms with Crippen LogP contribution in [0.25, 0.3) is 10.1 Å². The zero-order valence-electron chi connectivity index (χ0n) is 9.37. The second-order valence-electron chi connectivity index (χ2n) is 3.38. The molecule has 16 heavy (non-hydrogen) atoms. The molecule has 0 aliphatic rings. The van der Waals surface area contributed by atoms with Gasteiger partial charge in [0.2, 0.25) is 0 Å². The Morgan fingerprint density at radius 3 is 2.38 bits per heavy atom. The van der Waals surface area contributed by atoms with Crippen LogP contribution in [-0.2, 0) is 0 Å². The highest BCUT2D eigenvalue weighted by Crippen LogP contribution is 2.41. The molecule has 0 bridgehead atoms.